The summed E-state index contributed by atoms with van der Waals surface area (Å²) in [5.74, 6) is 0. The summed E-state index contributed by atoms with van der Waals surface area (Å²) in [6, 6.07) is 68.8. The summed E-state index contributed by atoms with van der Waals surface area (Å²) in [5.41, 5.74) is 20.3. The van der Waals surface area contributed by atoms with Crippen molar-refractivity contribution in [2.24, 2.45) is 0 Å². The lowest BCUT2D eigenvalue weighted by Gasteiger charge is -2.29. The van der Waals surface area contributed by atoms with E-state index >= 15 is 0 Å². The first-order valence-corrected chi connectivity index (χ1v) is 19.8. The van der Waals surface area contributed by atoms with Gasteiger partial charge in [-0.15, -0.1) is 0 Å². The van der Waals surface area contributed by atoms with Gasteiger partial charge in [-0.25, -0.2) is 0 Å². The molecule has 0 bridgehead atoms. The predicted octanol–water partition coefficient (Wildman–Crippen LogP) is 15.5. The van der Waals surface area contributed by atoms with Gasteiger partial charge in [0.25, 0.3) is 0 Å². The predicted molar refractivity (Wildman–Crippen MR) is 239 cm³/mol. The molecule has 2 aliphatic rings. The van der Waals surface area contributed by atoms with Gasteiger partial charge in [-0.3, -0.25) is 0 Å². The van der Waals surface area contributed by atoms with Crippen LogP contribution in [0.4, 0.5) is 17.1 Å². The zero-order chi connectivity index (χ0) is 37.8. The van der Waals surface area contributed by atoms with E-state index in [4.69, 9.17) is 4.42 Å². The molecule has 0 atom stereocenters. The minimum atomic E-state index is -0.121. The van der Waals surface area contributed by atoms with E-state index in [9.17, 15) is 0 Å². The third-order valence-electron chi connectivity index (χ3n) is 12.6. The topological polar surface area (TPSA) is 16.4 Å². The zero-order valence-electron chi connectivity index (χ0n) is 31.8. The summed E-state index contributed by atoms with van der Waals surface area (Å²) in [6.07, 6.45) is 0. The molecule has 2 aliphatic carbocycles. The smallest absolute Gasteiger partial charge is 0.136 e. The van der Waals surface area contributed by atoms with Gasteiger partial charge in [0.05, 0.1) is 5.69 Å². The molecule has 10 aromatic rings. The SMILES string of the molecule is CC1(C)c2ccccc2-c2c(N(c3ccc(-c4ccccc4)cc3)c3ccc4oc5cccc(-c6ccc7cccc8c7c6-c6ccccc6-8)c5c4c3)cccc21. The van der Waals surface area contributed by atoms with E-state index in [1.165, 1.54) is 77.5 Å². The van der Waals surface area contributed by atoms with E-state index in [2.05, 4.69) is 207 Å². The van der Waals surface area contributed by atoms with Gasteiger partial charge in [0.1, 0.15) is 11.2 Å². The Morgan fingerprint density at radius 2 is 1.05 bits per heavy atom. The van der Waals surface area contributed by atoms with Crippen LogP contribution in [0, 0.1) is 0 Å². The molecule has 268 valence electrons. The molecule has 0 radical (unpaired) electrons. The van der Waals surface area contributed by atoms with E-state index in [1.807, 2.05) is 0 Å². The van der Waals surface area contributed by atoms with Crippen LogP contribution in [0.2, 0.25) is 0 Å². The monoisotopic (exact) mass is 727 g/mol. The van der Waals surface area contributed by atoms with Gasteiger partial charge in [-0.05, 0) is 114 Å². The van der Waals surface area contributed by atoms with Crippen molar-refractivity contribution in [1.29, 1.82) is 0 Å². The van der Waals surface area contributed by atoms with Gasteiger partial charge < -0.3 is 9.32 Å². The van der Waals surface area contributed by atoms with Crippen LogP contribution in [0.5, 0.6) is 0 Å². The van der Waals surface area contributed by atoms with Gasteiger partial charge in [0.15, 0.2) is 0 Å². The van der Waals surface area contributed by atoms with Gasteiger partial charge in [-0.2, -0.15) is 0 Å². The van der Waals surface area contributed by atoms with Crippen LogP contribution in [-0.4, -0.2) is 0 Å². The highest BCUT2D eigenvalue weighted by molar-refractivity contribution is 6.22. The largest absolute Gasteiger partial charge is 0.456 e. The van der Waals surface area contributed by atoms with Crippen molar-refractivity contribution in [2.75, 3.05) is 4.90 Å². The average molecular weight is 728 g/mol. The first-order chi connectivity index (χ1) is 28.0. The number of hydrogen-bond acceptors (Lipinski definition) is 2. The minimum Gasteiger partial charge on any atom is -0.456 e. The Balaban J connectivity index is 1.10. The molecule has 0 saturated heterocycles. The van der Waals surface area contributed by atoms with E-state index in [0.717, 1.165) is 39.0 Å². The number of benzene rings is 9. The summed E-state index contributed by atoms with van der Waals surface area (Å²) in [4.78, 5) is 2.45. The van der Waals surface area contributed by atoms with Crippen LogP contribution in [-0.2, 0) is 5.41 Å². The Morgan fingerprint density at radius 3 is 1.89 bits per heavy atom. The van der Waals surface area contributed by atoms with E-state index < -0.39 is 0 Å². The molecule has 0 aliphatic heterocycles. The Morgan fingerprint density at radius 1 is 0.404 bits per heavy atom. The Bertz CT molecular complexity index is 3260. The number of furan rings is 1. The molecule has 0 unspecified atom stereocenters. The van der Waals surface area contributed by atoms with Gasteiger partial charge in [-0.1, -0.05) is 159 Å². The fraction of sp³-hybridized carbons (Fsp3) is 0.0545. The van der Waals surface area contributed by atoms with Crippen LogP contribution in [0.3, 0.4) is 0 Å². The lowest BCUT2D eigenvalue weighted by atomic mass is 9.82. The number of rotatable bonds is 5. The molecule has 0 fully saturated rings. The van der Waals surface area contributed by atoms with Crippen LogP contribution < -0.4 is 4.90 Å². The summed E-state index contributed by atoms with van der Waals surface area (Å²) >= 11 is 0. The van der Waals surface area contributed by atoms with Gasteiger partial charge >= 0.3 is 0 Å². The van der Waals surface area contributed by atoms with E-state index in [1.54, 1.807) is 0 Å². The maximum Gasteiger partial charge on any atom is 0.136 e. The third-order valence-corrected chi connectivity index (χ3v) is 12.6. The molecule has 2 nitrogen and oxygen atoms in total. The lowest BCUT2D eigenvalue weighted by Crippen LogP contribution is -2.16. The average Bonchev–Trinajstić information content (AvgIpc) is 3.89. The first kappa shape index (κ1) is 32.1. The Labute approximate surface area is 331 Å². The van der Waals surface area contributed by atoms with Crippen molar-refractivity contribution in [3.63, 3.8) is 0 Å². The maximum absolute atomic E-state index is 6.70. The minimum absolute atomic E-state index is 0.121. The fourth-order valence-electron chi connectivity index (χ4n) is 10.0. The van der Waals surface area contributed by atoms with Crippen molar-refractivity contribution in [2.45, 2.75) is 19.3 Å². The standard InChI is InChI=1S/C55H37NO/c1-55(2)46-21-9-8-18-44(46)54-47(55)22-12-23-48(54)56(37-28-25-35(26-29-37)34-13-4-3-5-14-34)38-30-32-49-45(33-38)52-42(20-11-24-50(52)57-49)43-31-27-36-15-10-19-40-39-16-6-7-17-41(39)53(43)51(36)40/h3-33H,1-2H3. The summed E-state index contributed by atoms with van der Waals surface area (Å²) in [6.45, 7) is 4.70. The number of fused-ring (bicyclic) bond motifs is 9. The summed E-state index contributed by atoms with van der Waals surface area (Å²) in [5, 5.41) is 4.83. The molecular formula is C55H37NO. The summed E-state index contributed by atoms with van der Waals surface area (Å²) < 4.78 is 6.70. The van der Waals surface area contributed by atoms with E-state index in [-0.39, 0.29) is 5.41 Å². The quantitative estimate of drug-likeness (QED) is 0.175. The highest BCUT2D eigenvalue weighted by Gasteiger charge is 2.38. The van der Waals surface area contributed by atoms with Crippen molar-refractivity contribution < 1.29 is 4.42 Å². The molecule has 9 aromatic carbocycles. The van der Waals surface area contributed by atoms with Crippen LogP contribution in [0.15, 0.2) is 192 Å². The molecule has 0 spiro atoms. The molecule has 1 heterocycles. The molecule has 12 rings (SSSR count). The zero-order valence-corrected chi connectivity index (χ0v) is 31.8. The van der Waals surface area contributed by atoms with Gasteiger partial charge in [0.2, 0.25) is 0 Å². The Hall–Kier alpha value is -7.16. The second-order valence-corrected chi connectivity index (χ2v) is 16.0. The van der Waals surface area contributed by atoms with E-state index in [0.29, 0.717) is 0 Å². The van der Waals surface area contributed by atoms with Gasteiger partial charge in [0, 0.05) is 33.1 Å². The first-order valence-electron chi connectivity index (χ1n) is 19.8. The van der Waals surface area contributed by atoms with Crippen molar-refractivity contribution in [1.82, 2.24) is 0 Å². The molecule has 57 heavy (non-hydrogen) atoms. The highest BCUT2D eigenvalue weighted by atomic mass is 16.3. The molecule has 1 aromatic heterocycles. The maximum atomic E-state index is 6.70. The van der Waals surface area contributed by atoms with Crippen molar-refractivity contribution in [3.8, 4) is 55.6 Å². The Kier molecular flexibility index (Phi) is 6.72. The fourth-order valence-corrected chi connectivity index (χ4v) is 10.0. The highest BCUT2D eigenvalue weighted by Crippen LogP contribution is 2.55. The molecular weight excluding hydrogens is 691 g/mol. The normalized spacial score (nSPS) is 13.2. The number of anilines is 3. The van der Waals surface area contributed by atoms with Crippen LogP contribution in [0.1, 0.15) is 25.0 Å². The van der Waals surface area contributed by atoms with Crippen LogP contribution in [0.25, 0.3) is 88.3 Å². The third kappa shape index (κ3) is 4.59. The molecule has 0 amide bonds. The van der Waals surface area contributed by atoms with Crippen LogP contribution >= 0.6 is 0 Å². The lowest BCUT2D eigenvalue weighted by molar-refractivity contribution is 0.660. The van der Waals surface area contributed by atoms with Crippen molar-refractivity contribution >= 4 is 49.8 Å². The van der Waals surface area contributed by atoms with Crippen molar-refractivity contribution in [3.05, 3.63) is 199 Å². The molecule has 0 saturated carbocycles. The molecule has 0 N–H and O–H groups in total. The second-order valence-electron chi connectivity index (χ2n) is 16.0. The summed E-state index contributed by atoms with van der Waals surface area (Å²) in [7, 11) is 0. The number of nitrogens with zero attached hydrogens (tertiary/aromatic N) is 1. The number of hydrogen-bond donors (Lipinski definition) is 0. The molecule has 2 heteroatoms. The second kappa shape index (κ2) is 11.9.